The van der Waals surface area contributed by atoms with Gasteiger partial charge < -0.3 is 10.6 Å². The molecule has 0 saturated heterocycles. The number of hydrogen-bond acceptors (Lipinski definition) is 2. The molecule has 1 heterocycles. The van der Waals surface area contributed by atoms with E-state index in [1.54, 1.807) is 0 Å². The van der Waals surface area contributed by atoms with E-state index < -0.39 is 0 Å². The van der Waals surface area contributed by atoms with Gasteiger partial charge in [0.25, 0.3) is 0 Å². The van der Waals surface area contributed by atoms with E-state index in [9.17, 15) is 0 Å². The van der Waals surface area contributed by atoms with E-state index in [-0.39, 0.29) is 0 Å². The summed E-state index contributed by atoms with van der Waals surface area (Å²) in [5, 5.41) is 7.05. The first-order chi connectivity index (χ1) is 7.43. The van der Waals surface area contributed by atoms with Crippen LogP contribution in [0.3, 0.4) is 0 Å². The Morgan fingerprint density at radius 1 is 1.20 bits per heavy atom. The third kappa shape index (κ3) is 2.00. The molecule has 1 aromatic rings. The molecule has 1 fully saturated rings. The number of benzene rings is 1. The lowest BCUT2D eigenvalue weighted by molar-refractivity contribution is 0.586. The van der Waals surface area contributed by atoms with Crippen LogP contribution >= 0.6 is 0 Å². The molecule has 1 atom stereocenters. The molecule has 2 heteroatoms. The van der Waals surface area contributed by atoms with Crippen LogP contribution in [0.4, 0.5) is 5.69 Å². The average Bonchev–Trinajstić information content (AvgIpc) is 3.00. The van der Waals surface area contributed by atoms with Gasteiger partial charge in [0, 0.05) is 24.7 Å². The lowest BCUT2D eigenvalue weighted by atomic mass is 10.0. The molecule has 1 aliphatic heterocycles. The largest absolute Gasteiger partial charge is 0.384 e. The van der Waals surface area contributed by atoms with Crippen LogP contribution in [0.1, 0.15) is 24.3 Å². The lowest BCUT2D eigenvalue weighted by Crippen LogP contribution is -2.24. The minimum absolute atomic E-state index is 0.667. The molecule has 2 aliphatic rings. The lowest BCUT2D eigenvalue weighted by Gasteiger charge is -2.10. The number of anilines is 1. The second-order valence-corrected chi connectivity index (χ2v) is 4.77. The van der Waals surface area contributed by atoms with Crippen molar-refractivity contribution in [1.82, 2.24) is 5.32 Å². The van der Waals surface area contributed by atoms with Crippen molar-refractivity contribution in [2.75, 3.05) is 25.0 Å². The maximum Gasteiger partial charge on any atom is 0.0376 e. The van der Waals surface area contributed by atoms with Crippen molar-refractivity contribution in [3.63, 3.8) is 0 Å². The standard InChI is InChI=1S/C13H18N2/c1-2-4-13-12(3-1)11(9-15-13)8-14-7-10-5-6-10/h1-4,10-11,14-15H,5-9H2. The molecule has 1 aliphatic carbocycles. The summed E-state index contributed by atoms with van der Waals surface area (Å²) in [6.07, 6.45) is 2.87. The van der Waals surface area contributed by atoms with Crippen LogP contribution in [0.5, 0.6) is 0 Å². The summed E-state index contributed by atoms with van der Waals surface area (Å²) in [6, 6.07) is 8.67. The zero-order chi connectivity index (χ0) is 10.1. The van der Waals surface area contributed by atoms with Gasteiger partial charge in [0.2, 0.25) is 0 Å². The molecule has 15 heavy (non-hydrogen) atoms. The average molecular weight is 202 g/mol. The van der Waals surface area contributed by atoms with E-state index in [2.05, 4.69) is 34.9 Å². The van der Waals surface area contributed by atoms with Crippen molar-refractivity contribution in [2.24, 2.45) is 5.92 Å². The van der Waals surface area contributed by atoms with E-state index in [1.165, 1.54) is 30.6 Å². The van der Waals surface area contributed by atoms with Crippen LogP contribution in [-0.2, 0) is 0 Å². The number of hydrogen-bond donors (Lipinski definition) is 2. The molecule has 0 amide bonds. The highest BCUT2D eigenvalue weighted by Gasteiger charge is 2.23. The van der Waals surface area contributed by atoms with Gasteiger partial charge in [-0.25, -0.2) is 0 Å². The van der Waals surface area contributed by atoms with Gasteiger partial charge in [-0.1, -0.05) is 18.2 Å². The molecule has 0 bridgehead atoms. The first-order valence-corrected chi connectivity index (χ1v) is 5.97. The number of fused-ring (bicyclic) bond motifs is 1. The van der Waals surface area contributed by atoms with Crippen molar-refractivity contribution in [3.05, 3.63) is 29.8 Å². The van der Waals surface area contributed by atoms with E-state index in [1.807, 2.05) is 0 Å². The number of rotatable bonds is 4. The van der Waals surface area contributed by atoms with Crippen LogP contribution in [0.25, 0.3) is 0 Å². The predicted molar refractivity (Wildman–Crippen MR) is 63.3 cm³/mol. The highest BCUT2D eigenvalue weighted by atomic mass is 14.9. The zero-order valence-electron chi connectivity index (χ0n) is 9.00. The molecule has 1 aromatic carbocycles. The van der Waals surface area contributed by atoms with Gasteiger partial charge >= 0.3 is 0 Å². The molecular weight excluding hydrogens is 184 g/mol. The summed E-state index contributed by atoms with van der Waals surface area (Å²) in [6.45, 7) is 3.44. The van der Waals surface area contributed by atoms with Crippen molar-refractivity contribution < 1.29 is 0 Å². The first-order valence-electron chi connectivity index (χ1n) is 5.97. The minimum atomic E-state index is 0.667. The minimum Gasteiger partial charge on any atom is -0.384 e. The Balaban J connectivity index is 1.58. The predicted octanol–water partition coefficient (Wildman–Crippen LogP) is 2.20. The van der Waals surface area contributed by atoms with Gasteiger partial charge in [-0.05, 0) is 36.9 Å². The second kappa shape index (κ2) is 3.86. The van der Waals surface area contributed by atoms with Crippen LogP contribution in [0.15, 0.2) is 24.3 Å². The third-order valence-corrected chi connectivity index (χ3v) is 3.46. The Hall–Kier alpha value is -1.02. The maximum absolute atomic E-state index is 3.59. The fourth-order valence-electron chi connectivity index (χ4n) is 2.32. The highest BCUT2D eigenvalue weighted by Crippen LogP contribution is 2.31. The highest BCUT2D eigenvalue weighted by molar-refractivity contribution is 5.57. The Kier molecular flexibility index (Phi) is 2.37. The summed E-state index contributed by atoms with van der Waals surface area (Å²) >= 11 is 0. The molecule has 0 aromatic heterocycles. The first kappa shape index (κ1) is 9.22. The van der Waals surface area contributed by atoms with Gasteiger partial charge in [0.05, 0.1) is 0 Å². The van der Waals surface area contributed by atoms with Gasteiger partial charge in [0.1, 0.15) is 0 Å². The van der Waals surface area contributed by atoms with Crippen LogP contribution < -0.4 is 10.6 Å². The molecule has 2 N–H and O–H groups in total. The molecule has 1 saturated carbocycles. The van der Waals surface area contributed by atoms with Gasteiger partial charge in [0.15, 0.2) is 0 Å². The molecule has 0 spiro atoms. The maximum atomic E-state index is 3.59. The van der Waals surface area contributed by atoms with Crippen LogP contribution in [0.2, 0.25) is 0 Å². The number of para-hydroxylation sites is 1. The monoisotopic (exact) mass is 202 g/mol. The van der Waals surface area contributed by atoms with Crippen molar-refractivity contribution >= 4 is 5.69 Å². The van der Waals surface area contributed by atoms with E-state index in [4.69, 9.17) is 0 Å². The summed E-state index contributed by atoms with van der Waals surface area (Å²) in [7, 11) is 0. The second-order valence-electron chi connectivity index (χ2n) is 4.77. The Morgan fingerprint density at radius 2 is 2.07 bits per heavy atom. The number of nitrogens with one attached hydrogen (secondary N) is 2. The summed E-state index contributed by atoms with van der Waals surface area (Å²) < 4.78 is 0. The molecule has 2 nitrogen and oxygen atoms in total. The Bertz CT molecular complexity index is 344. The van der Waals surface area contributed by atoms with Gasteiger partial charge in [-0.3, -0.25) is 0 Å². The third-order valence-electron chi connectivity index (χ3n) is 3.46. The summed E-state index contributed by atoms with van der Waals surface area (Å²) in [5.74, 6) is 1.65. The van der Waals surface area contributed by atoms with Crippen molar-refractivity contribution in [2.45, 2.75) is 18.8 Å². The zero-order valence-corrected chi connectivity index (χ0v) is 9.00. The van der Waals surface area contributed by atoms with Crippen molar-refractivity contribution in [1.29, 1.82) is 0 Å². The SMILES string of the molecule is c1ccc2c(c1)NCC2CNCC1CC1. The van der Waals surface area contributed by atoms with Gasteiger partial charge in [-0.15, -0.1) is 0 Å². The fourth-order valence-corrected chi connectivity index (χ4v) is 2.32. The van der Waals surface area contributed by atoms with E-state index in [0.717, 1.165) is 19.0 Å². The Labute approximate surface area is 91.1 Å². The molecular formula is C13H18N2. The van der Waals surface area contributed by atoms with Gasteiger partial charge in [-0.2, -0.15) is 0 Å². The Morgan fingerprint density at radius 3 is 2.93 bits per heavy atom. The van der Waals surface area contributed by atoms with Crippen molar-refractivity contribution in [3.8, 4) is 0 Å². The molecule has 3 rings (SSSR count). The quantitative estimate of drug-likeness (QED) is 0.782. The molecule has 0 radical (unpaired) electrons. The fraction of sp³-hybridized carbons (Fsp3) is 0.538. The smallest absolute Gasteiger partial charge is 0.0376 e. The normalized spacial score (nSPS) is 23.6. The van der Waals surface area contributed by atoms with Crippen LogP contribution in [-0.4, -0.2) is 19.6 Å². The summed E-state index contributed by atoms with van der Waals surface area (Å²) in [5.41, 5.74) is 2.82. The van der Waals surface area contributed by atoms with E-state index >= 15 is 0 Å². The molecule has 1 unspecified atom stereocenters. The summed E-state index contributed by atoms with van der Waals surface area (Å²) in [4.78, 5) is 0. The molecule has 80 valence electrons. The van der Waals surface area contributed by atoms with E-state index in [0.29, 0.717) is 5.92 Å². The van der Waals surface area contributed by atoms with Crippen LogP contribution in [0, 0.1) is 5.92 Å². The topological polar surface area (TPSA) is 24.1 Å².